The number of carbonyl (C=O) groups is 1. The molecule has 0 radical (unpaired) electrons. The Morgan fingerprint density at radius 1 is 1.33 bits per heavy atom. The number of likely N-dealkylation sites (N-methyl/N-ethyl adjacent to an activating group) is 1. The molecule has 0 spiro atoms. The van der Waals surface area contributed by atoms with Gasteiger partial charge in [0, 0.05) is 31.4 Å². The fraction of sp³-hybridized carbons (Fsp3) is 0.588. The molecule has 0 saturated carbocycles. The number of hydrogen-bond acceptors (Lipinski definition) is 3. The first kappa shape index (κ1) is 15.8. The minimum atomic E-state index is 0.0500. The van der Waals surface area contributed by atoms with Gasteiger partial charge < -0.3 is 15.5 Å². The number of carbonyl (C=O) groups excluding carboxylic acids is 1. The standard InChI is InChI=1S/C17H27N3O/c1-12-11-20(4)13(2)9-16(12)19-15-8-6-5-7-14(15)10-17(21)18-3/h5-8,12-13,16,19H,9-11H2,1-4H3,(H,18,21). The second-order valence-electron chi connectivity index (χ2n) is 6.26. The zero-order valence-electron chi connectivity index (χ0n) is 13.5. The topological polar surface area (TPSA) is 44.4 Å². The Hall–Kier alpha value is -1.55. The molecule has 3 atom stereocenters. The lowest BCUT2D eigenvalue weighted by Crippen LogP contribution is -2.48. The number of piperidine rings is 1. The summed E-state index contributed by atoms with van der Waals surface area (Å²) in [5.41, 5.74) is 2.16. The fourth-order valence-corrected chi connectivity index (χ4v) is 3.02. The lowest BCUT2D eigenvalue weighted by Gasteiger charge is -2.40. The van der Waals surface area contributed by atoms with Gasteiger partial charge in [0.25, 0.3) is 0 Å². The summed E-state index contributed by atoms with van der Waals surface area (Å²) in [4.78, 5) is 14.1. The zero-order valence-corrected chi connectivity index (χ0v) is 13.5. The van der Waals surface area contributed by atoms with Crippen molar-refractivity contribution in [3.8, 4) is 0 Å². The number of nitrogens with one attached hydrogen (secondary N) is 2. The van der Waals surface area contributed by atoms with Crippen molar-refractivity contribution in [2.75, 3.05) is 26.0 Å². The van der Waals surface area contributed by atoms with Crippen LogP contribution in [0.15, 0.2) is 24.3 Å². The molecule has 4 heteroatoms. The summed E-state index contributed by atoms with van der Waals surface area (Å²) < 4.78 is 0. The Kier molecular flexibility index (Phi) is 5.23. The van der Waals surface area contributed by atoms with Crippen LogP contribution in [0, 0.1) is 5.92 Å². The van der Waals surface area contributed by atoms with Crippen molar-refractivity contribution in [3.63, 3.8) is 0 Å². The summed E-state index contributed by atoms with van der Waals surface area (Å²) in [6.07, 6.45) is 1.56. The molecule has 1 aromatic carbocycles. The lowest BCUT2D eigenvalue weighted by atomic mass is 9.89. The molecule has 1 fully saturated rings. The van der Waals surface area contributed by atoms with Crippen LogP contribution >= 0.6 is 0 Å². The third-order valence-corrected chi connectivity index (χ3v) is 4.60. The number of amides is 1. The van der Waals surface area contributed by atoms with E-state index in [1.807, 2.05) is 18.2 Å². The average molecular weight is 289 g/mol. The van der Waals surface area contributed by atoms with Gasteiger partial charge in [-0.05, 0) is 37.9 Å². The van der Waals surface area contributed by atoms with Crippen molar-refractivity contribution in [3.05, 3.63) is 29.8 Å². The van der Waals surface area contributed by atoms with E-state index in [1.165, 1.54) is 0 Å². The maximum atomic E-state index is 11.6. The number of benzene rings is 1. The summed E-state index contributed by atoms with van der Waals surface area (Å²) in [6.45, 7) is 5.68. The van der Waals surface area contributed by atoms with E-state index in [2.05, 4.69) is 42.5 Å². The van der Waals surface area contributed by atoms with E-state index < -0.39 is 0 Å². The van der Waals surface area contributed by atoms with Crippen LogP contribution in [0.5, 0.6) is 0 Å². The van der Waals surface area contributed by atoms with E-state index in [9.17, 15) is 4.79 Å². The lowest BCUT2D eigenvalue weighted by molar-refractivity contribution is -0.119. The molecule has 0 aromatic heterocycles. The van der Waals surface area contributed by atoms with Crippen molar-refractivity contribution in [2.45, 2.75) is 38.8 Å². The smallest absolute Gasteiger partial charge is 0.224 e. The SMILES string of the molecule is CNC(=O)Cc1ccccc1NC1CC(C)N(C)CC1C. The summed E-state index contributed by atoms with van der Waals surface area (Å²) in [5, 5.41) is 6.37. The number of anilines is 1. The highest BCUT2D eigenvalue weighted by molar-refractivity contribution is 5.80. The van der Waals surface area contributed by atoms with Crippen LogP contribution in [0.1, 0.15) is 25.8 Å². The monoisotopic (exact) mass is 289 g/mol. The molecule has 0 aliphatic carbocycles. The van der Waals surface area contributed by atoms with E-state index in [-0.39, 0.29) is 5.91 Å². The molecule has 116 valence electrons. The van der Waals surface area contributed by atoms with E-state index in [0.717, 1.165) is 24.2 Å². The van der Waals surface area contributed by atoms with Gasteiger partial charge in [0.2, 0.25) is 5.91 Å². The number of nitrogens with zero attached hydrogens (tertiary/aromatic N) is 1. The van der Waals surface area contributed by atoms with Gasteiger partial charge in [-0.15, -0.1) is 0 Å². The maximum Gasteiger partial charge on any atom is 0.224 e. The molecule has 2 rings (SSSR count). The van der Waals surface area contributed by atoms with Crippen molar-refractivity contribution in [1.29, 1.82) is 0 Å². The Bertz CT molecular complexity index is 489. The van der Waals surface area contributed by atoms with Gasteiger partial charge in [-0.2, -0.15) is 0 Å². The molecule has 1 aliphatic heterocycles. The number of hydrogen-bond donors (Lipinski definition) is 2. The van der Waals surface area contributed by atoms with Crippen LogP contribution in [0.25, 0.3) is 0 Å². The van der Waals surface area contributed by atoms with Crippen LogP contribution in [-0.2, 0) is 11.2 Å². The Balaban J connectivity index is 2.10. The highest BCUT2D eigenvalue weighted by atomic mass is 16.1. The average Bonchev–Trinajstić information content (AvgIpc) is 2.46. The van der Waals surface area contributed by atoms with Gasteiger partial charge in [-0.25, -0.2) is 0 Å². The molecule has 21 heavy (non-hydrogen) atoms. The molecule has 4 nitrogen and oxygen atoms in total. The van der Waals surface area contributed by atoms with Crippen molar-refractivity contribution in [1.82, 2.24) is 10.2 Å². The Labute approximate surface area is 127 Å². The number of rotatable bonds is 4. The summed E-state index contributed by atoms with van der Waals surface area (Å²) >= 11 is 0. The largest absolute Gasteiger partial charge is 0.382 e. The highest BCUT2D eigenvalue weighted by Gasteiger charge is 2.29. The van der Waals surface area contributed by atoms with Crippen LogP contribution in [0.3, 0.4) is 0 Å². The van der Waals surface area contributed by atoms with Gasteiger partial charge in [-0.1, -0.05) is 25.1 Å². The molecular formula is C17H27N3O. The molecule has 0 bridgehead atoms. The number of para-hydroxylation sites is 1. The Morgan fingerprint density at radius 2 is 2.05 bits per heavy atom. The second-order valence-corrected chi connectivity index (χ2v) is 6.26. The summed E-state index contributed by atoms with van der Waals surface area (Å²) in [6, 6.07) is 9.17. The van der Waals surface area contributed by atoms with Gasteiger partial charge in [0.05, 0.1) is 6.42 Å². The first-order valence-corrected chi connectivity index (χ1v) is 7.76. The molecular weight excluding hydrogens is 262 g/mol. The molecule has 1 amide bonds. The molecule has 1 saturated heterocycles. The zero-order chi connectivity index (χ0) is 15.4. The molecule has 3 unspecified atom stereocenters. The van der Waals surface area contributed by atoms with Gasteiger partial charge in [0.1, 0.15) is 0 Å². The van der Waals surface area contributed by atoms with Gasteiger partial charge in [0.15, 0.2) is 0 Å². The van der Waals surface area contributed by atoms with Crippen molar-refractivity contribution >= 4 is 11.6 Å². The van der Waals surface area contributed by atoms with Crippen LogP contribution in [0.4, 0.5) is 5.69 Å². The normalized spacial score (nSPS) is 26.4. The summed E-state index contributed by atoms with van der Waals surface area (Å²) in [5.74, 6) is 0.647. The van der Waals surface area contributed by atoms with Crippen LogP contribution in [-0.4, -0.2) is 43.5 Å². The number of likely N-dealkylation sites (tertiary alicyclic amines) is 1. The third kappa shape index (κ3) is 3.97. The third-order valence-electron chi connectivity index (χ3n) is 4.60. The predicted molar refractivity (Wildman–Crippen MR) is 87.5 cm³/mol. The first-order chi connectivity index (χ1) is 10.0. The van der Waals surface area contributed by atoms with E-state index in [1.54, 1.807) is 7.05 Å². The van der Waals surface area contributed by atoms with E-state index in [0.29, 0.717) is 24.4 Å². The van der Waals surface area contributed by atoms with Crippen molar-refractivity contribution in [2.24, 2.45) is 5.92 Å². The molecule has 2 N–H and O–H groups in total. The molecule has 1 aromatic rings. The molecule has 1 aliphatic rings. The van der Waals surface area contributed by atoms with E-state index >= 15 is 0 Å². The van der Waals surface area contributed by atoms with Crippen LogP contribution < -0.4 is 10.6 Å². The minimum Gasteiger partial charge on any atom is -0.382 e. The minimum absolute atomic E-state index is 0.0500. The van der Waals surface area contributed by atoms with Gasteiger partial charge >= 0.3 is 0 Å². The predicted octanol–water partition coefficient (Wildman–Crippen LogP) is 2.12. The fourth-order valence-electron chi connectivity index (χ4n) is 3.02. The Morgan fingerprint density at radius 3 is 2.76 bits per heavy atom. The second kappa shape index (κ2) is 6.94. The van der Waals surface area contributed by atoms with Gasteiger partial charge in [-0.3, -0.25) is 4.79 Å². The maximum absolute atomic E-state index is 11.6. The highest BCUT2D eigenvalue weighted by Crippen LogP contribution is 2.26. The molecule has 1 heterocycles. The van der Waals surface area contributed by atoms with Crippen LogP contribution in [0.2, 0.25) is 0 Å². The van der Waals surface area contributed by atoms with E-state index in [4.69, 9.17) is 0 Å². The van der Waals surface area contributed by atoms with Crippen molar-refractivity contribution < 1.29 is 4.79 Å². The summed E-state index contributed by atoms with van der Waals surface area (Å²) in [7, 11) is 3.87. The first-order valence-electron chi connectivity index (χ1n) is 7.76. The quantitative estimate of drug-likeness (QED) is 0.892.